The lowest BCUT2D eigenvalue weighted by Crippen LogP contribution is -2.50. The van der Waals surface area contributed by atoms with Crippen molar-refractivity contribution < 1.29 is 22.7 Å². The van der Waals surface area contributed by atoms with Crippen LogP contribution >= 0.6 is 0 Å². The molecule has 6 heteroatoms. The zero-order chi connectivity index (χ0) is 22.0. The number of carbonyl (C=O) groups excluding carboxylic acids is 1. The number of rotatable bonds is 5. The Morgan fingerprint density at radius 3 is 2.30 bits per heavy atom. The zero-order valence-corrected chi connectivity index (χ0v) is 17.6. The van der Waals surface area contributed by atoms with Crippen LogP contribution in [0.3, 0.4) is 0 Å². The molecule has 3 nitrogen and oxygen atoms in total. The van der Waals surface area contributed by atoms with Gasteiger partial charge in [-0.1, -0.05) is 61.9 Å². The first-order valence-corrected chi connectivity index (χ1v) is 10.2. The van der Waals surface area contributed by atoms with Gasteiger partial charge in [-0.2, -0.15) is 13.2 Å². The predicted octanol–water partition coefficient (Wildman–Crippen LogP) is 5.16. The van der Waals surface area contributed by atoms with Crippen molar-refractivity contribution in [2.45, 2.75) is 50.6 Å². The van der Waals surface area contributed by atoms with Crippen molar-refractivity contribution in [3.05, 3.63) is 70.8 Å². The summed E-state index contributed by atoms with van der Waals surface area (Å²) in [6, 6.07) is 13.2. The highest BCUT2D eigenvalue weighted by Gasteiger charge is 2.43. The van der Waals surface area contributed by atoms with Crippen LogP contribution < -0.4 is 5.32 Å². The summed E-state index contributed by atoms with van der Waals surface area (Å²) in [7, 11) is 0. The van der Waals surface area contributed by atoms with Gasteiger partial charge in [0.15, 0.2) is 0 Å². The van der Waals surface area contributed by atoms with E-state index in [1.807, 2.05) is 39.0 Å². The number of hydrogen-bond acceptors (Lipinski definition) is 2. The summed E-state index contributed by atoms with van der Waals surface area (Å²) in [5.41, 5.74) is 0.550. The molecule has 2 aromatic rings. The fourth-order valence-corrected chi connectivity index (χ4v) is 4.00. The van der Waals surface area contributed by atoms with Gasteiger partial charge < -0.3 is 10.1 Å². The number of alkyl halides is 3. The maximum absolute atomic E-state index is 13.4. The Morgan fingerprint density at radius 2 is 1.67 bits per heavy atom. The maximum atomic E-state index is 13.4. The Hall–Kier alpha value is -2.34. The van der Waals surface area contributed by atoms with Gasteiger partial charge >= 0.3 is 6.18 Å². The van der Waals surface area contributed by atoms with Crippen LogP contribution in [0.15, 0.2) is 48.5 Å². The summed E-state index contributed by atoms with van der Waals surface area (Å²) in [6.45, 7) is 7.17. The highest BCUT2D eigenvalue weighted by Crippen LogP contribution is 2.38. The van der Waals surface area contributed by atoms with Crippen LogP contribution in [-0.4, -0.2) is 25.7 Å². The number of amides is 1. The predicted molar refractivity (Wildman–Crippen MR) is 110 cm³/mol. The number of carbonyl (C=O) groups is 1. The van der Waals surface area contributed by atoms with Crippen LogP contribution in [0.5, 0.6) is 0 Å². The molecule has 1 aliphatic heterocycles. The molecule has 0 bridgehead atoms. The Balaban J connectivity index is 1.86. The van der Waals surface area contributed by atoms with Gasteiger partial charge in [0.05, 0.1) is 11.0 Å². The lowest BCUT2D eigenvalue weighted by molar-refractivity contribution is -0.138. The molecule has 1 N–H and O–H groups in total. The van der Waals surface area contributed by atoms with E-state index in [4.69, 9.17) is 4.74 Å². The molecule has 0 aromatic heterocycles. The summed E-state index contributed by atoms with van der Waals surface area (Å²) >= 11 is 0. The second-order valence-electron chi connectivity index (χ2n) is 8.71. The molecule has 0 radical (unpaired) electrons. The number of hydrogen-bond donors (Lipinski definition) is 1. The van der Waals surface area contributed by atoms with Crippen molar-refractivity contribution in [2.75, 3.05) is 19.8 Å². The number of benzene rings is 2. The third kappa shape index (κ3) is 4.69. The van der Waals surface area contributed by atoms with Gasteiger partial charge in [-0.15, -0.1) is 0 Å². The highest BCUT2D eigenvalue weighted by molar-refractivity contribution is 5.88. The molecule has 1 amide bonds. The quantitative estimate of drug-likeness (QED) is 0.727. The van der Waals surface area contributed by atoms with Crippen molar-refractivity contribution in [3.63, 3.8) is 0 Å². The van der Waals surface area contributed by atoms with Crippen LogP contribution in [0, 0.1) is 6.92 Å². The van der Waals surface area contributed by atoms with Crippen molar-refractivity contribution in [3.8, 4) is 0 Å². The van der Waals surface area contributed by atoms with Gasteiger partial charge in [-0.3, -0.25) is 4.79 Å². The Labute approximate surface area is 175 Å². The summed E-state index contributed by atoms with van der Waals surface area (Å²) in [4.78, 5) is 13.4. The second-order valence-corrected chi connectivity index (χ2v) is 8.71. The van der Waals surface area contributed by atoms with Crippen LogP contribution in [0.1, 0.15) is 48.9 Å². The summed E-state index contributed by atoms with van der Waals surface area (Å²) < 4.78 is 45.2. The van der Waals surface area contributed by atoms with E-state index in [9.17, 15) is 18.0 Å². The second kappa shape index (κ2) is 8.42. The standard InChI is InChI=1S/C24H28F3NO2/c1-17-6-4-7-18(14-17)22(2,3)16-28-21(29)23(10-12-30-13-11-23)19-8-5-9-20(15-19)24(25,26)27/h4-9,14-15H,10-13,16H2,1-3H3,(H,28,29). The zero-order valence-electron chi connectivity index (χ0n) is 17.6. The molecule has 0 atom stereocenters. The molecule has 1 saturated heterocycles. The Kier molecular flexibility index (Phi) is 6.27. The van der Waals surface area contributed by atoms with E-state index < -0.39 is 17.2 Å². The molecule has 1 heterocycles. The maximum Gasteiger partial charge on any atom is 0.416 e. The van der Waals surface area contributed by atoms with E-state index >= 15 is 0 Å². The van der Waals surface area contributed by atoms with Gasteiger partial charge in [-0.05, 0) is 37.0 Å². The van der Waals surface area contributed by atoms with E-state index in [0.29, 0.717) is 38.2 Å². The van der Waals surface area contributed by atoms with Crippen LogP contribution in [0.4, 0.5) is 13.2 Å². The van der Waals surface area contributed by atoms with E-state index in [1.54, 1.807) is 6.07 Å². The smallest absolute Gasteiger partial charge is 0.381 e. The van der Waals surface area contributed by atoms with E-state index in [1.165, 1.54) is 6.07 Å². The molecule has 0 saturated carbocycles. The van der Waals surface area contributed by atoms with Crippen molar-refractivity contribution in [1.29, 1.82) is 0 Å². The van der Waals surface area contributed by atoms with Crippen LogP contribution in [0.25, 0.3) is 0 Å². The van der Waals surface area contributed by atoms with E-state index in [0.717, 1.165) is 23.3 Å². The van der Waals surface area contributed by atoms with Crippen LogP contribution in [0.2, 0.25) is 0 Å². The fourth-order valence-electron chi connectivity index (χ4n) is 4.00. The Morgan fingerprint density at radius 1 is 1.03 bits per heavy atom. The van der Waals surface area contributed by atoms with E-state index in [2.05, 4.69) is 11.4 Å². The first-order valence-electron chi connectivity index (χ1n) is 10.2. The van der Waals surface area contributed by atoms with Gasteiger partial charge in [0.1, 0.15) is 0 Å². The fraction of sp³-hybridized carbons (Fsp3) is 0.458. The largest absolute Gasteiger partial charge is 0.416 e. The number of aryl methyl sites for hydroxylation is 1. The number of halogens is 3. The first kappa shape index (κ1) is 22.3. The minimum absolute atomic E-state index is 0.245. The normalized spacial score (nSPS) is 16.9. The van der Waals surface area contributed by atoms with Crippen molar-refractivity contribution in [2.24, 2.45) is 0 Å². The molecule has 0 unspecified atom stereocenters. The highest BCUT2D eigenvalue weighted by atomic mass is 19.4. The molecular formula is C24H28F3NO2. The minimum atomic E-state index is -4.45. The van der Waals surface area contributed by atoms with Gasteiger partial charge in [0.25, 0.3) is 0 Å². The van der Waals surface area contributed by atoms with Gasteiger partial charge in [0, 0.05) is 25.2 Å². The third-order valence-electron chi connectivity index (χ3n) is 6.01. The molecule has 0 spiro atoms. The lowest BCUT2D eigenvalue weighted by atomic mass is 9.72. The number of nitrogens with one attached hydrogen (secondary N) is 1. The molecule has 30 heavy (non-hydrogen) atoms. The molecular weight excluding hydrogens is 391 g/mol. The molecule has 3 rings (SSSR count). The van der Waals surface area contributed by atoms with Crippen molar-refractivity contribution in [1.82, 2.24) is 5.32 Å². The molecule has 162 valence electrons. The van der Waals surface area contributed by atoms with Gasteiger partial charge in [0.2, 0.25) is 5.91 Å². The summed E-state index contributed by atoms with van der Waals surface area (Å²) in [6.07, 6.45) is -3.75. The van der Waals surface area contributed by atoms with Crippen molar-refractivity contribution >= 4 is 5.91 Å². The van der Waals surface area contributed by atoms with E-state index in [-0.39, 0.29) is 11.3 Å². The summed E-state index contributed by atoms with van der Waals surface area (Å²) in [5.74, 6) is -0.245. The molecule has 1 fully saturated rings. The third-order valence-corrected chi connectivity index (χ3v) is 6.01. The molecule has 0 aliphatic carbocycles. The summed E-state index contributed by atoms with van der Waals surface area (Å²) in [5, 5.41) is 3.03. The monoisotopic (exact) mass is 419 g/mol. The topological polar surface area (TPSA) is 38.3 Å². The first-order chi connectivity index (χ1) is 14.0. The minimum Gasteiger partial charge on any atom is -0.381 e. The lowest BCUT2D eigenvalue weighted by Gasteiger charge is -2.38. The SMILES string of the molecule is Cc1cccc(C(C)(C)CNC(=O)C2(c3cccc(C(F)(F)F)c3)CCOCC2)c1. The van der Waals surface area contributed by atoms with Crippen LogP contribution in [-0.2, 0) is 26.5 Å². The number of ether oxygens (including phenoxy) is 1. The molecule has 1 aliphatic rings. The average Bonchev–Trinajstić information content (AvgIpc) is 2.72. The Bertz CT molecular complexity index is 899. The van der Waals surface area contributed by atoms with Gasteiger partial charge in [-0.25, -0.2) is 0 Å². The average molecular weight is 419 g/mol. The molecule has 2 aromatic carbocycles.